The van der Waals surface area contributed by atoms with Crippen LogP contribution in [0.15, 0.2) is 185 Å². The molecule has 0 atom stereocenters. The maximum absolute atomic E-state index is 6.30. The third-order valence-corrected chi connectivity index (χ3v) is 11.0. The lowest BCUT2D eigenvalue weighted by Gasteiger charge is -2.15. The van der Waals surface area contributed by atoms with Crippen molar-refractivity contribution in [1.29, 1.82) is 0 Å². The molecule has 0 amide bonds. The van der Waals surface area contributed by atoms with E-state index < -0.39 is 0 Å². The minimum absolute atomic E-state index is 0.542. The van der Waals surface area contributed by atoms with Crippen molar-refractivity contribution in [3.8, 4) is 51.0 Å². The lowest BCUT2D eigenvalue weighted by Crippen LogP contribution is -2.03. The molecule has 0 spiro atoms. The predicted octanol–water partition coefficient (Wildman–Crippen LogP) is 12.8. The topological polar surface area (TPSA) is 82.8 Å². The summed E-state index contributed by atoms with van der Waals surface area (Å²) in [4.78, 5) is 20.0. The zero-order valence-corrected chi connectivity index (χ0v) is 30.3. The number of nitrogens with zero attached hydrogens (tertiary/aromatic N) is 5. The highest BCUT2D eigenvalue weighted by molar-refractivity contribution is 6.13. The Balaban J connectivity index is 1.09. The molecule has 7 heteroatoms. The molecular weight excluding hydrogens is 703 g/mol. The standard InChI is InChI=1S/C50H29N5O2/c1-5-18-40-34(13-1)35-14-2-6-19-41(35)55(40)42-20-7-3-15-37(42)50-53-48(52-49(54-50)32-23-24-36-39-29-51-26-25-44(39)57-46(36)28-32)31-12-9-11-30(27-31)33-17-10-22-45-47(33)38-16-4-8-21-43(38)56-45/h1-29H. The zero-order valence-electron chi connectivity index (χ0n) is 30.3. The molecule has 0 aliphatic carbocycles. The van der Waals surface area contributed by atoms with Crippen LogP contribution in [0.5, 0.6) is 0 Å². The van der Waals surface area contributed by atoms with Gasteiger partial charge >= 0.3 is 0 Å². The van der Waals surface area contributed by atoms with Crippen LogP contribution in [-0.2, 0) is 0 Å². The number of hydrogen-bond donors (Lipinski definition) is 0. The highest BCUT2D eigenvalue weighted by Crippen LogP contribution is 2.40. The summed E-state index contributed by atoms with van der Waals surface area (Å²) >= 11 is 0. The number of benzene rings is 7. The Kier molecular flexibility index (Phi) is 6.79. The van der Waals surface area contributed by atoms with Gasteiger partial charge in [0.25, 0.3) is 0 Å². The molecule has 7 nitrogen and oxygen atoms in total. The van der Waals surface area contributed by atoms with Crippen LogP contribution in [0.3, 0.4) is 0 Å². The van der Waals surface area contributed by atoms with Gasteiger partial charge in [0.15, 0.2) is 17.5 Å². The van der Waals surface area contributed by atoms with Gasteiger partial charge in [-0.15, -0.1) is 0 Å². The molecule has 12 aromatic rings. The van der Waals surface area contributed by atoms with Gasteiger partial charge in [0, 0.05) is 61.4 Å². The molecule has 12 rings (SSSR count). The molecule has 0 fully saturated rings. The molecule has 5 aromatic heterocycles. The lowest BCUT2D eigenvalue weighted by molar-refractivity contribution is 0.668. The summed E-state index contributed by atoms with van der Waals surface area (Å²) in [5.74, 6) is 1.67. The van der Waals surface area contributed by atoms with Crippen LogP contribution in [0.2, 0.25) is 0 Å². The van der Waals surface area contributed by atoms with Crippen LogP contribution < -0.4 is 0 Å². The summed E-state index contributed by atoms with van der Waals surface area (Å²) in [5.41, 5.74) is 11.1. The highest BCUT2D eigenvalue weighted by atomic mass is 16.3. The van der Waals surface area contributed by atoms with Crippen LogP contribution in [0.4, 0.5) is 0 Å². The van der Waals surface area contributed by atoms with Crippen molar-refractivity contribution in [3.05, 3.63) is 176 Å². The molecule has 0 bridgehead atoms. The summed E-state index contributed by atoms with van der Waals surface area (Å²) in [5, 5.41) is 6.49. The second-order valence-corrected chi connectivity index (χ2v) is 14.2. The molecule has 7 aromatic carbocycles. The number of hydrogen-bond acceptors (Lipinski definition) is 6. The van der Waals surface area contributed by atoms with Crippen LogP contribution in [0.1, 0.15) is 0 Å². The molecule has 0 N–H and O–H groups in total. The Hall–Kier alpha value is -7.90. The Morgan fingerprint density at radius 1 is 0.386 bits per heavy atom. The number of aromatic nitrogens is 5. The van der Waals surface area contributed by atoms with E-state index in [2.05, 4.69) is 125 Å². The van der Waals surface area contributed by atoms with Gasteiger partial charge < -0.3 is 13.4 Å². The second kappa shape index (κ2) is 12.3. The first-order valence-corrected chi connectivity index (χ1v) is 18.9. The average molecular weight is 732 g/mol. The van der Waals surface area contributed by atoms with Gasteiger partial charge in [0.2, 0.25) is 0 Å². The number of furan rings is 2. The fourth-order valence-corrected chi connectivity index (χ4v) is 8.40. The fourth-order valence-electron chi connectivity index (χ4n) is 8.40. The quantitative estimate of drug-likeness (QED) is 0.175. The van der Waals surface area contributed by atoms with E-state index in [0.717, 1.165) is 88.4 Å². The molecule has 266 valence electrons. The Labute approximate surface area is 325 Å². The SMILES string of the molecule is c1cc(-c2nc(-c3ccc4c(c3)oc3ccncc34)nc(-c3ccccc3-n3c4ccccc4c4ccccc43)n2)cc(-c2cccc3oc4ccccc4c23)c1. The van der Waals surface area contributed by atoms with Gasteiger partial charge in [-0.3, -0.25) is 4.98 Å². The van der Waals surface area contributed by atoms with E-state index in [4.69, 9.17) is 23.8 Å². The Bertz CT molecular complexity index is 3500. The number of fused-ring (bicyclic) bond motifs is 9. The van der Waals surface area contributed by atoms with Crippen molar-refractivity contribution in [2.75, 3.05) is 0 Å². The fraction of sp³-hybridized carbons (Fsp3) is 0. The number of pyridine rings is 1. The van der Waals surface area contributed by atoms with Gasteiger partial charge in [-0.05, 0) is 71.8 Å². The average Bonchev–Trinajstić information content (AvgIpc) is 3.96. The largest absolute Gasteiger partial charge is 0.456 e. The van der Waals surface area contributed by atoms with Gasteiger partial charge in [-0.2, -0.15) is 0 Å². The highest BCUT2D eigenvalue weighted by Gasteiger charge is 2.20. The Morgan fingerprint density at radius 2 is 1.00 bits per heavy atom. The maximum atomic E-state index is 6.30. The molecule has 5 heterocycles. The predicted molar refractivity (Wildman–Crippen MR) is 228 cm³/mol. The molecule has 0 saturated carbocycles. The van der Waals surface area contributed by atoms with E-state index in [1.54, 1.807) is 6.20 Å². The van der Waals surface area contributed by atoms with E-state index in [-0.39, 0.29) is 0 Å². The first-order valence-electron chi connectivity index (χ1n) is 18.9. The molecular formula is C50H29N5O2. The third kappa shape index (κ3) is 4.92. The van der Waals surface area contributed by atoms with Crippen molar-refractivity contribution in [3.63, 3.8) is 0 Å². The molecule has 0 aliphatic rings. The second-order valence-electron chi connectivity index (χ2n) is 14.2. The third-order valence-electron chi connectivity index (χ3n) is 11.0. The van der Waals surface area contributed by atoms with E-state index >= 15 is 0 Å². The van der Waals surface area contributed by atoms with Gasteiger partial charge in [0.05, 0.1) is 16.7 Å². The van der Waals surface area contributed by atoms with Crippen molar-refractivity contribution in [2.24, 2.45) is 0 Å². The molecule has 0 radical (unpaired) electrons. The minimum Gasteiger partial charge on any atom is -0.456 e. The summed E-state index contributed by atoms with van der Waals surface area (Å²) in [6.07, 6.45) is 3.58. The first kappa shape index (κ1) is 31.5. The zero-order chi connectivity index (χ0) is 37.5. The molecule has 0 saturated heterocycles. The summed E-state index contributed by atoms with van der Waals surface area (Å²) < 4.78 is 14.9. The lowest BCUT2D eigenvalue weighted by atomic mass is 9.98. The van der Waals surface area contributed by atoms with Crippen molar-refractivity contribution >= 4 is 65.7 Å². The number of rotatable bonds is 5. The van der Waals surface area contributed by atoms with E-state index in [9.17, 15) is 0 Å². The van der Waals surface area contributed by atoms with Crippen molar-refractivity contribution < 1.29 is 8.83 Å². The van der Waals surface area contributed by atoms with Crippen LogP contribution in [0, 0.1) is 0 Å². The number of para-hydroxylation sites is 4. The van der Waals surface area contributed by atoms with Crippen molar-refractivity contribution in [1.82, 2.24) is 24.5 Å². The Morgan fingerprint density at radius 3 is 1.84 bits per heavy atom. The molecule has 0 unspecified atom stereocenters. The minimum atomic E-state index is 0.542. The smallest absolute Gasteiger partial charge is 0.166 e. The van der Waals surface area contributed by atoms with Crippen molar-refractivity contribution in [2.45, 2.75) is 0 Å². The summed E-state index contributed by atoms with van der Waals surface area (Å²) in [6, 6.07) is 56.2. The normalized spacial score (nSPS) is 11.9. The molecule has 0 aliphatic heterocycles. The van der Waals surface area contributed by atoms with Crippen LogP contribution >= 0.6 is 0 Å². The van der Waals surface area contributed by atoms with Crippen LogP contribution in [0.25, 0.3) is 117 Å². The summed E-state index contributed by atoms with van der Waals surface area (Å²) in [7, 11) is 0. The monoisotopic (exact) mass is 731 g/mol. The van der Waals surface area contributed by atoms with E-state index in [0.29, 0.717) is 17.5 Å². The first-order chi connectivity index (χ1) is 28.2. The summed E-state index contributed by atoms with van der Waals surface area (Å²) in [6.45, 7) is 0. The van der Waals surface area contributed by atoms with E-state index in [1.807, 2.05) is 54.7 Å². The van der Waals surface area contributed by atoms with E-state index in [1.165, 1.54) is 10.8 Å². The van der Waals surface area contributed by atoms with Gasteiger partial charge in [0.1, 0.15) is 22.3 Å². The van der Waals surface area contributed by atoms with Gasteiger partial charge in [-0.25, -0.2) is 15.0 Å². The van der Waals surface area contributed by atoms with Crippen LogP contribution in [-0.4, -0.2) is 24.5 Å². The van der Waals surface area contributed by atoms with Gasteiger partial charge in [-0.1, -0.05) is 103 Å². The molecule has 57 heavy (non-hydrogen) atoms. The maximum Gasteiger partial charge on any atom is 0.166 e.